The van der Waals surface area contributed by atoms with Crippen LogP contribution >= 0.6 is 0 Å². The Balaban J connectivity index is 1.47. The quantitative estimate of drug-likeness (QED) is 0.259. The Bertz CT molecular complexity index is 1300. The van der Waals surface area contributed by atoms with E-state index >= 15 is 0 Å². The average molecular weight is 496 g/mol. The van der Waals surface area contributed by atoms with E-state index in [2.05, 4.69) is 4.90 Å². The average Bonchev–Trinajstić information content (AvgIpc) is 2.92. The minimum Gasteiger partial charge on any atom is -0.489 e. The van der Waals surface area contributed by atoms with Gasteiger partial charge in [-0.2, -0.15) is 0 Å². The maximum Gasteiger partial charge on any atom is 0.335 e. The summed E-state index contributed by atoms with van der Waals surface area (Å²) in [5, 5.41) is 20.9. The number of carboxylic acids is 1. The van der Waals surface area contributed by atoms with E-state index in [1.807, 2.05) is 105 Å². The lowest BCUT2D eigenvalue weighted by molar-refractivity contribution is 0.0660. The van der Waals surface area contributed by atoms with Gasteiger partial charge in [-0.3, -0.25) is 0 Å². The molecule has 0 fully saturated rings. The second-order valence-corrected chi connectivity index (χ2v) is 9.53. The molecule has 0 heterocycles. The van der Waals surface area contributed by atoms with Crippen molar-refractivity contribution in [2.24, 2.45) is 0 Å². The van der Waals surface area contributed by atoms with E-state index < -0.39 is 11.6 Å². The number of hydrogen-bond acceptors (Lipinski definition) is 4. The van der Waals surface area contributed by atoms with E-state index in [0.717, 1.165) is 40.8 Å². The topological polar surface area (TPSA) is 70.0 Å². The van der Waals surface area contributed by atoms with Crippen LogP contribution in [0.3, 0.4) is 0 Å². The predicted octanol–water partition coefficient (Wildman–Crippen LogP) is 6.21. The summed E-state index contributed by atoms with van der Waals surface area (Å²) in [6.45, 7) is 1.29. The summed E-state index contributed by atoms with van der Waals surface area (Å²) < 4.78 is 6.11. The van der Waals surface area contributed by atoms with Crippen LogP contribution in [0, 0.1) is 0 Å². The predicted molar refractivity (Wildman–Crippen MR) is 147 cm³/mol. The van der Waals surface area contributed by atoms with Crippen LogP contribution in [-0.4, -0.2) is 41.7 Å². The second-order valence-electron chi connectivity index (χ2n) is 9.53. The first-order valence-corrected chi connectivity index (χ1v) is 12.4. The minimum atomic E-state index is -1.10. The SMILES string of the molecule is CN(C)CCC[C@](O)(c1ccccc1)c1cccc(OCc2ccc(-c3ccc(C(=O)O)cc3)cc2)c1. The van der Waals surface area contributed by atoms with Crippen molar-refractivity contribution in [3.05, 3.63) is 125 Å². The van der Waals surface area contributed by atoms with Gasteiger partial charge in [0.15, 0.2) is 0 Å². The lowest BCUT2D eigenvalue weighted by Crippen LogP contribution is -2.29. The van der Waals surface area contributed by atoms with E-state index in [4.69, 9.17) is 9.84 Å². The number of aromatic carboxylic acids is 1. The Kier molecular flexibility index (Phi) is 8.39. The molecule has 0 bridgehead atoms. The third-order valence-corrected chi connectivity index (χ3v) is 6.53. The molecule has 0 amide bonds. The molecule has 0 unspecified atom stereocenters. The highest BCUT2D eigenvalue weighted by atomic mass is 16.5. The first kappa shape index (κ1) is 26.1. The summed E-state index contributed by atoms with van der Waals surface area (Å²) >= 11 is 0. The third kappa shape index (κ3) is 6.64. The fraction of sp³-hybridized carbons (Fsp3) is 0.219. The second kappa shape index (κ2) is 11.9. The molecule has 0 aliphatic carbocycles. The molecular weight excluding hydrogens is 462 g/mol. The van der Waals surface area contributed by atoms with Crippen molar-refractivity contribution < 1.29 is 19.7 Å². The molecule has 0 saturated carbocycles. The zero-order valence-electron chi connectivity index (χ0n) is 21.3. The zero-order valence-corrected chi connectivity index (χ0v) is 21.3. The molecule has 0 aliphatic heterocycles. The molecule has 0 aromatic heterocycles. The van der Waals surface area contributed by atoms with E-state index in [0.29, 0.717) is 18.8 Å². The minimum absolute atomic E-state index is 0.271. The molecule has 5 heteroatoms. The standard InChI is InChI=1S/C32H33NO4/c1-33(2)21-7-20-32(36,28-8-4-3-5-9-28)29-10-6-11-30(22-29)37-23-24-12-14-25(15-13-24)26-16-18-27(19-17-26)31(34)35/h3-6,8-19,22,36H,7,20-21,23H2,1-2H3,(H,34,35)/t32-/m0/s1. The number of carbonyl (C=O) groups is 1. The van der Waals surface area contributed by atoms with Crippen molar-refractivity contribution in [3.63, 3.8) is 0 Å². The Morgan fingerprint density at radius 1 is 0.811 bits per heavy atom. The maximum absolute atomic E-state index is 11.9. The Labute approximate surface area is 218 Å². The van der Waals surface area contributed by atoms with Gasteiger partial charge in [0.05, 0.1) is 5.56 Å². The Hall–Kier alpha value is -3.93. The molecule has 4 rings (SSSR count). The van der Waals surface area contributed by atoms with Gasteiger partial charge in [0.1, 0.15) is 18.0 Å². The molecule has 5 nitrogen and oxygen atoms in total. The number of rotatable bonds is 11. The van der Waals surface area contributed by atoms with E-state index in [-0.39, 0.29) is 5.56 Å². The largest absolute Gasteiger partial charge is 0.489 e. The monoisotopic (exact) mass is 495 g/mol. The molecule has 0 radical (unpaired) electrons. The highest BCUT2D eigenvalue weighted by Gasteiger charge is 2.31. The van der Waals surface area contributed by atoms with Gasteiger partial charge < -0.3 is 19.8 Å². The van der Waals surface area contributed by atoms with Crippen LogP contribution in [0.5, 0.6) is 5.75 Å². The van der Waals surface area contributed by atoms with E-state index in [1.54, 1.807) is 12.1 Å². The van der Waals surface area contributed by atoms with Crippen LogP contribution in [0.25, 0.3) is 11.1 Å². The zero-order chi connectivity index (χ0) is 26.3. The van der Waals surface area contributed by atoms with Gasteiger partial charge in [-0.25, -0.2) is 4.79 Å². The van der Waals surface area contributed by atoms with Crippen LogP contribution in [0.1, 0.15) is 39.9 Å². The van der Waals surface area contributed by atoms with Crippen LogP contribution in [-0.2, 0) is 12.2 Å². The summed E-state index contributed by atoms with van der Waals surface area (Å²) in [6, 6.07) is 32.4. The summed E-state index contributed by atoms with van der Waals surface area (Å²) in [6.07, 6.45) is 1.46. The van der Waals surface area contributed by atoms with Gasteiger partial charge >= 0.3 is 5.97 Å². The van der Waals surface area contributed by atoms with Gasteiger partial charge in [0.25, 0.3) is 0 Å². The molecule has 1 atom stereocenters. The maximum atomic E-state index is 11.9. The van der Waals surface area contributed by atoms with Gasteiger partial charge in [0.2, 0.25) is 0 Å². The molecule has 4 aromatic carbocycles. The van der Waals surface area contributed by atoms with E-state index in [9.17, 15) is 9.90 Å². The van der Waals surface area contributed by atoms with Crippen molar-refractivity contribution in [3.8, 4) is 16.9 Å². The Morgan fingerprint density at radius 3 is 2.05 bits per heavy atom. The fourth-order valence-electron chi connectivity index (χ4n) is 4.43. The molecular formula is C32H33NO4. The summed E-state index contributed by atoms with van der Waals surface area (Å²) in [5.74, 6) is -0.230. The van der Waals surface area contributed by atoms with E-state index in [1.165, 1.54) is 0 Å². The number of benzene rings is 4. The fourth-order valence-corrected chi connectivity index (χ4v) is 4.43. The van der Waals surface area contributed by atoms with Gasteiger partial charge in [-0.05, 0) is 85.6 Å². The molecule has 37 heavy (non-hydrogen) atoms. The first-order chi connectivity index (χ1) is 17.8. The number of aliphatic hydroxyl groups is 1. The molecule has 2 N–H and O–H groups in total. The van der Waals surface area contributed by atoms with Crippen molar-refractivity contribution in [2.45, 2.75) is 25.0 Å². The van der Waals surface area contributed by atoms with Gasteiger partial charge in [0, 0.05) is 0 Å². The normalized spacial score (nSPS) is 12.8. The summed E-state index contributed by atoms with van der Waals surface area (Å²) in [4.78, 5) is 13.2. The first-order valence-electron chi connectivity index (χ1n) is 12.4. The van der Waals surface area contributed by atoms with Crippen molar-refractivity contribution >= 4 is 5.97 Å². The molecule has 4 aromatic rings. The number of hydrogen-bond donors (Lipinski definition) is 2. The number of nitrogens with zero attached hydrogens (tertiary/aromatic N) is 1. The highest BCUT2D eigenvalue weighted by Crippen LogP contribution is 2.36. The van der Waals surface area contributed by atoms with Crippen molar-refractivity contribution in [1.29, 1.82) is 0 Å². The summed E-state index contributed by atoms with van der Waals surface area (Å²) in [7, 11) is 4.08. The van der Waals surface area contributed by atoms with Crippen LogP contribution in [0.2, 0.25) is 0 Å². The summed E-state index contributed by atoms with van der Waals surface area (Å²) in [5.41, 5.74) is 3.84. The van der Waals surface area contributed by atoms with Crippen LogP contribution in [0.4, 0.5) is 0 Å². The van der Waals surface area contributed by atoms with Gasteiger partial charge in [-0.15, -0.1) is 0 Å². The van der Waals surface area contributed by atoms with Crippen LogP contribution < -0.4 is 4.74 Å². The third-order valence-electron chi connectivity index (χ3n) is 6.53. The molecule has 0 aliphatic rings. The van der Waals surface area contributed by atoms with Crippen molar-refractivity contribution in [2.75, 3.05) is 20.6 Å². The lowest BCUT2D eigenvalue weighted by atomic mass is 9.82. The molecule has 0 spiro atoms. The van der Waals surface area contributed by atoms with Crippen LogP contribution in [0.15, 0.2) is 103 Å². The van der Waals surface area contributed by atoms with Crippen molar-refractivity contribution in [1.82, 2.24) is 4.90 Å². The van der Waals surface area contributed by atoms with Gasteiger partial charge in [-0.1, -0.05) is 78.9 Å². The lowest BCUT2D eigenvalue weighted by Gasteiger charge is -2.30. The Morgan fingerprint density at radius 2 is 1.43 bits per heavy atom. The molecule has 0 saturated heterocycles. The number of ether oxygens (including phenoxy) is 1. The smallest absolute Gasteiger partial charge is 0.335 e. The highest BCUT2D eigenvalue weighted by molar-refractivity contribution is 5.88. The number of carboxylic acid groups (broad SMARTS) is 1. The molecule has 190 valence electrons.